The van der Waals surface area contributed by atoms with Crippen LogP contribution < -0.4 is 10.5 Å². The summed E-state index contributed by atoms with van der Waals surface area (Å²) in [5, 5.41) is 0. The van der Waals surface area contributed by atoms with Gasteiger partial charge < -0.3 is 15.2 Å². The molecule has 6 nitrogen and oxygen atoms in total. The van der Waals surface area contributed by atoms with Crippen LogP contribution in [0.2, 0.25) is 0 Å². The zero-order chi connectivity index (χ0) is 24.6. The number of sulfone groups is 1. The number of aryl methyl sites for hydroxylation is 1. The summed E-state index contributed by atoms with van der Waals surface area (Å²) >= 11 is 1.69. The maximum absolute atomic E-state index is 13.2. The molecule has 8 heteroatoms. The molecule has 0 aliphatic carbocycles. The predicted molar refractivity (Wildman–Crippen MR) is 138 cm³/mol. The van der Waals surface area contributed by atoms with E-state index < -0.39 is 20.5 Å². The normalized spacial score (nSPS) is 16.1. The van der Waals surface area contributed by atoms with Gasteiger partial charge in [0.1, 0.15) is 5.75 Å². The Morgan fingerprint density at radius 3 is 2.53 bits per heavy atom. The van der Waals surface area contributed by atoms with Gasteiger partial charge >= 0.3 is 0 Å². The molecule has 0 spiro atoms. The molecule has 1 fully saturated rings. The van der Waals surface area contributed by atoms with Crippen molar-refractivity contribution in [2.45, 2.75) is 35.3 Å². The van der Waals surface area contributed by atoms with E-state index in [9.17, 15) is 13.2 Å². The number of primary amides is 1. The Kier molecular flexibility index (Phi) is 8.99. The first-order chi connectivity index (χ1) is 16.3. The lowest BCUT2D eigenvalue weighted by Crippen LogP contribution is -2.53. The minimum absolute atomic E-state index is 0.0614. The third-order valence-corrected chi connectivity index (χ3v) is 9.32. The van der Waals surface area contributed by atoms with Crippen LogP contribution in [-0.2, 0) is 25.8 Å². The molecule has 2 aromatic rings. The molecule has 1 aliphatic rings. The van der Waals surface area contributed by atoms with Crippen molar-refractivity contribution in [3.05, 3.63) is 78.4 Å². The van der Waals surface area contributed by atoms with Gasteiger partial charge in [0.25, 0.3) is 0 Å². The number of amides is 1. The molecule has 1 aliphatic heterocycles. The van der Waals surface area contributed by atoms with Crippen molar-refractivity contribution in [3.8, 4) is 5.75 Å². The van der Waals surface area contributed by atoms with Gasteiger partial charge in [-0.25, -0.2) is 8.42 Å². The molecule has 0 unspecified atom stereocenters. The van der Waals surface area contributed by atoms with Gasteiger partial charge in [0.05, 0.1) is 11.5 Å². The number of allylic oxidation sites excluding steroid dienone is 2. The summed E-state index contributed by atoms with van der Waals surface area (Å²) in [5.74, 6) is -0.254. The van der Waals surface area contributed by atoms with Gasteiger partial charge in [-0.15, -0.1) is 11.8 Å². The van der Waals surface area contributed by atoms with Gasteiger partial charge in [0.2, 0.25) is 5.91 Å². The van der Waals surface area contributed by atoms with E-state index in [1.165, 1.54) is 28.2 Å². The van der Waals surface area contributed by atoms with Gasteiger partial charge in [-0.05, 0) is 73.4 Å². The van der Waals surface area contributed by atoms with E-state index >= 15 is 0 Å². The van der Waals surface area contributed by atoms with Crippen molar-refractivity contribution in [1.29, 1.82) is 0 Å². The van der Waals surface area contributed by atoms with Crippen LogP contribution in [0, 0.1) is 0 Å². The Hall–Kier alpha value is -2.55. The third-order valence-electron chi connectivity index (χ3n) is 5.98. The number of nitrogens with two attached hydrogens (primary N) is 1. The molecule has 34 heavy (non-hydrogen) atoms. The highest BCUT2D eigenvalue weighted by Crippen LogP contribution is 2.35. The lowest BCUT2D eigenvalue weighted by molar-refractivity contribution is -0.122. The highest BCUT2D eigenvalue weighted by Gasteiger charge is 2.51. The van der Waals surface area contributed by atoms with E-state index in [4.69, 9.17) is 15.2 Å². The maximum atomic E-state index is 13.2. The summed E-state index contributed by atoms with van der Waals surface area (Å²) < 4.78 is 35.9. The fourth-order valence-corrected chi connectivity index (χ4v) is 6.53. The SMILES string of the molecule is C=C/C=C(\SC)c1cccc(CCCOc2ccc(S(=O)(=O)C3(C(N)=O)CCOCC3)cc2)c1. The average Bonchev–Trinajstić information content (AvgIpc) is 2.86. The van der Waals surface area contributed by atoms with Crippen molar-refractivity contribution in [2.75, 3.05) is 26.1 Å². The molecule has 3 rings (SSSR count). The fourth-order valence-electron chi connectivity index (χ4n) is 4.02. The van der Waals surface area contributed by atoms with Crippen LogP contribution in [0.5, 0.6) is 5.75 Å². The highest BCUT2D eigenvalue weighted by molar-refractivity contribution is 8.07. The van der Waals surface area contributed by atoms with Crippen LogP contribution in [0.1, 0.15) is 30.4 Å². The van der Waals surface area contributed by atoms with Crippen molar-refractivity contribution in [2.24, 2.45) is 5.73 Å². The van der Waals surface area contributed by atoms with Gasteiger partial charge in [-0.1, -0.05) is 36.9 Å². The second-order valence-electron chi connectivity index (χ2n) is 8.07. The summed E-state index contributed by atoms with van der Waals surface area (Å²) in [5.41, 5.74) is 7.92. The molecule has 0 radical (unpaired) electrons. The Balaban J connectivity index is 1.59. The van der Waals surface area contributed by atoms with E-state index in [1.807, 2.05) is 12.3 Å². The van der Waals surface area contributed by atoms with E-state index in [2.05, 4.69) is 30.8 Å². The summed E-state index contributed by atoms with van der Waals surface area (Å²) in [7, 11) is -3.94. The highest BCUT2D eigenvalue weighted by atomic mass is 32.2. The fraction of sp³-hybridized carbons (Fsp3) is 0.346. The van der Waals surface area contributed by atoms with Crippen molar-refractivity contribution < 1.29 is 22.7 Å². The summed E-state index contributed by atoms with van der Waals surface area (Å²) in [6.45, 7) is 4.65. The van der Waals surface area contributed by atoms with Crippen LogP contribution in [-0.4, -0.2) is 45.1 Å². The largest absolute Gasteiger partial charge is 0.494 e. The van der Waals surface area contributed by atoms with Crippen LogP contribution in [0.4, 0.5) is 0 Å². The number of ether oxygens (including phenoxy) is 2. The first-order valence-electron chi connectivity index (χ1n) is 11.2. The molecule has 0 bridgehead atoms. The first-order valence-corrected chi connectivity index (χ1v) is 13.9. The summed E-state index contributed by atoms with van der Waals surface area (Å²) in [6, 6.07) is 14.6. The van der Waals surface area contributed by atoms with Gasteiger partial charge in [0.15, 0.2) is 14.6 Å². The number of thioether (sulfide) groups is 1. The van der Waals surface area contributed by atoms with E-state index in [1.54, 1.807) is 30.0 Å². The Morgan fingerprint density at radius 2 is 1.91 bits per heavy atom. The molecule has 182 valence electrons. The minimum atomic E-state index is -3.94. The van der Waals surface area contributed by atoms with Gasteiger partial charge in [-0.2, -0.15) is 0 Å². The number of carbonyl (C=O) groups is 1. The number of carbonyl (C=O) groups excluding carboxylic acids is 1. The third kappa shape index (κ3) is 5.74. The van der Waals surface area contributed by atoms with Gasteiger partial charge in [0, 0.05) is 18.1 Å². The lowest BCUT2D eigenvalue weighted by Gasteiger charge is -2.33. The molecule has 1 saturated heterocycles. The Morgan fingerprint density at radius 1 is 1.21 bits per heavy atom. The van der Waals surface area contributed by atoms with Crippen LogP contribution in [0.15, 0.2) is 72.2 Å². The average molecular weight is 502 g/mol. The molecular weight excluding hydrogens is 470 g/mol. The first kappa shape index (κ1) is 26.1. The second-order valence-corrected chi connectivity index (χ2v) is 11.2. The van der Waals surface area contributed by atoms with Crippen molar-refractivity contribution in [1.82, 2.24) is 0 Å². The van der Waals surface area contributed by atoms with Crippen LogP contribution in [0.3, 0.4) is 0 Å². The van der Waals surface area contributed by atoms with Crippen LogP contribution >= 0.6 is 11.8 Å². The molecule has 0 saturated carbocycles. The van der Waals surface area contributed by atoms with E-state index in [0.717, 1.165) is 12.8 Å². The number of benzene rings is 2. The molecule has 1 amide bonds. The topological polar surface area (TPSA) is 95.7 Å². The van der Waals surface area contributed by atoms with Crippen molar-refractivity contribution in [3.63, 3.8) is 0 Å². The molecule has 0 atom stereocenters. The van der Waals surface area contributed by atoms with Crippen LogP contribution in [0.25, 0.3) is 4.91 Å². The Labute approximate surface area is 206 Å². The quantitative estimate of drug-likeness (QED) is 0.362. The molecular formula is C26H31NO5S2. The lowest BCUT2D eigenvalue weighted by atomic mass is 9.98. The molecule has 2 aromatic carbocycles. The predicted octanol–water partition coefficient (Wildman–Crippen LogP) is 4.40. The standard InChI is InChI=1S/C26H31NO5S2/c1-3-6-24(33-2)21-9-4-7-20(19-21)8-5-16-32-22-10-12-23(13-11-22)34(29,30)26(25(27)28)14-17-31-18-15-26/h3-4,6-7,9-13,19H,1,5,8,14-18H2,2H3,(H2,27,28)/b24-6-. The number of hydrogen-bond acceptors (Lipinski definition) is 6. The summed E-state index contributed by atoms with van der Waals surface area (Å²) in [6.07, 6.45) is 7.64. The zero-order valence-corrected chi connectivity index (χ0v) is 21.0. The number of hydrogen-bond donors (Lipinski definition) is 1. The van der Waals surface area contributed by atoms with E-state index in [0.29, 0.717) is 12.4 Å². The van der Waals surface area contributed by atoms with Gasteiger partial charge in [-0.3, -0.25) is 4.79 Å². The zero-order valence-electron chi connectivity index (χ0n) is 19.4. The maximum Gasteiger partial charge on any atom is 0.239 e. The number of rotatable bonds is 11. The smallest absolute Gasteiger partial charge is 0.239 e. The van der Waals surface area contributed by atoms with E-state index in [-0.39, 0.29) is 31.0 Å². The molecule has 2 N–H and O–H groups in total. The summed E-state index contributed by atoms with van der Waals surface area (Å²) in [4.78, 5) is 13.3. The van der Waals surface area contributed by atoms with Crippen molar-refractivity contribution >= 4 is 32.4 Å². The monoisotopic (exact) mass is 501 g/mol. The Bertz CT molecular complexity index is 1130. The molecule has 0 aromatic heterocycles. The molecule has 1 heterocycles. The minimum Gasteiger partial charge on any atom is -0.494 e. The second kappa shape index (κ2) is 11.7.